The number of para-hydroxylation sites is 4. The number of benzene rings is 6. The van der Waals surface area contributed by atoms with Crippen LogP contribution in [-0.2, 0) is 37.3 Å². The number of hydrogen-bond donors (Lipinski definition) is 3. The minimum atomic E-state index is -0.663. The minimum Gasteiger partial charge on any atom is -0.507 e. The topological polar surface area (TPSA) is 84.0 Å². The Balaban J connectivity index is 1.11. The predicted octanol–water partition coefficient (Wildman–Crippen LogP) is 11.3. The van der Waals surface area contributed by atoms with E-state index in [1.165, 1.54) is 33.4 Å². The van der Waals surface area contributed by atoms with Gasteiger partial charge in [0.05, 0.1) is 33.8 Å². The van der Waals surface area contributed by atoms with Gasteiger partial charge in [0.1, 0.15) is 17.3 Å². The molecular weight excluding hydrogens is 789 g/mol. The molecule has 3 N–H and O–H groups in total. The van der Waals surface area contributed by atoms with E-state index < -0.39 is 27.4 Å². The highest BCUT2D eigenvalue weighted by Crippen LogP contribution is 2.68. The van der Waals surface area contributed by atoms with Crippen LogP contribution in [0.25, 0.3) is 11.1 Å². The molecule has 0 spiro atoms. The molecule has 6 heteroatoms. The first-order valence-corrected chi connectivity index (χ1v) is 22.8. The molecule has 0 atom stereocenters. The molecule has 6 aromatic carbocycles. The zero-order chi connectivity index (χ0) is 45.1. The second-order valence-electron chi connectivity index (χ2n) is 22.7. The first-order chi connectivity index (χ1) is 30.0. The number of carbonyl (C=O) groups excluding carboxylic acids is 1. The summed E-state index contributed by atoms with van der Waals surface area (Å²) in [4.78, 5) is 17.5. The molecule has 0 fully saturated rings. The number of anilines is 3. The summed E-state index contributed by atoms with van der Waals surface area (Å²) in [6, 6.07) is 30.2. The predicted molar refractivity (Wildman–Crippen MR) is 254 cm³/mol. The summed E-state index contributed by atoms with van der Waals surface area (Å²) in [6.45, 7) is 26.8. The summed E-state index contributed by atoms with van der Waals surface area (Å²) in [7, 11) is 0. The molecule has 0 saturated carbocycles. The molecule has 13 rings (SSSR count). The summed E-state index contributed by atoms with van der Waals surface area (Å²) in [5.74, 6) is -0.623. The Morgan fingerprint density at radius 2 is 0.844 bits per heavy atom. The molecule has 0 amide bonds. The SMILES string of the molecule is CC1(C)c2cccc3c2N2c4c1cccc4C(C)(C)c1c(O)c(C4=C(O)/C(=c5/cc6c7c(c5O)C(C)(C)c5cccc8c5[N+]=7c5c(cccc5C6(C)C)C8(C)C)C4=O)cc(c12)C3(C)C. The highest BCUT2D eigenvalue weighted by atomic mass is 16.3. The van der Waals surface area contributed by atoms with Crippen molar-refractivity contribution in [2.24, 2.45) is 0 Å². The standard InChI is InChI=1S/C58H52N2O4/c1-53(2)29-17-13-21-33-43(29)59-45-31(53)19-15-23-35(45)57(9,10)41-47(59)37(55(33,5)6)25-27(49(41)61)39-51(63)40(52(39)64)28-26-38-48-42(50(28)62)58(11,12)36-24-16-20-32-46(36)60(48)44-30(54(32,3)4)18-14-22-34(44)56(38,7)8/h13-26H,1-12H3,(H2,61,62,63,64)/p+1. The van der Waals surface area contributed by atoms with Gasteiger partial charge in [-0.2, -0.15) is 4.58 Å². The van der Waals surface area contributed by atoms with Gasteiger partial charge in [-0.15, -0.1) is 0 Å². The van der Waals surface area contributed by atoms with E-state index in [1.54, 1.807) is 0 Å². The number of aromatic hydroxyl groups is 2. The number of ketones is 1. The highest BCUT2D eigenvalue weighted by Gasteiger charge is 2.57. The van der Waals surface area contributed by atoms with Crippen LogP contribution in [0.3, 0.4) is 0 Å². The molecule has 6 aromatic rings. The fourth-order valence-corrected chi connectivity index (χ4v) is 13.9. The number of nitrogens with zero attached hydrogens (tertiary/aromatic N) is 2. The smallest absolute Gasteiger partial charge is 0.223 e. The molecule has 64 heavy (non-hydrogen) atoms. The Morgan fingerprint density at radius 3 is 1.34 bits per heavy atom. The summed E-state index contributed by atoms with van der Waals surface area (Å²) in [5, 5.41) is 39.4. The zero-order valence-corrected chi connectivity index (χ0v) is 38.7. The largest absolute Gasteiger partial charge is 0.507 e. The first kappa shape index (κ1) is 38.1. The number of allylic oxidation sites excluding steroid dienone is 2. The second kappa shape index (κ2) is 10.7. The fraction of sp³-hybridized carbons (Fsp3) is 0.310. The second-order valence-corrected chi connectivity index (χ2v) is 22.7. The van der Waals surface area contributed by atoms with Crippen molar-refractivity contribution < 1.29 is 20.1 Å². The lowest BCUT2D eigenvalue weighted by molar-refractivity contribution is -0.110. The van der Waals surface area contributed by atoms with Crippen molar-refractivity contribution in [2.45, 2.75) is 116 Å². The van der Waals surface area contributed by atoms with Gasteiger partial charge in [-0.1, -0.05) is 156 Å². The van der Waals surface area contributed by atoms with Crippen molar-refractivity contribution in [3.05, 3.63) is 174 Å². The molecule has 6 nitrogen and oxygen atoms in total. The molecule has 6 aliphatic heterocycles. The highest BCUT2D eigenvalue weighted by molar-refractivity contribution is 6.52. The molecule has 318 valence electrons. The first-order valence-electron chi connectivity index (χ1n) is 22.8. The molecule has 0 radical (unpaired) electrons. The molecular formula is C58H53N2O4+. The number of carbonyl (C=O) groups is 1. The maximum atomic E-state index is 15.2. The number of rotatable bonds is 1. The Bertz CT molecular complexity index is 3510. The van der Waals surface area contributed by atoms with Gasteiger partial charge in [-0.3, -0.25) is 4.79 Å². The average molecular weight is 842 g/mol. The fourth-order valence-electron chi connectivity index (χ4n) is 13.9. The van der Waals surface area contributed by atoms with Gasteiger partial charge in [0.15, 0.2) is 0 Å². The van der Waals surface area contributed by atoms with Crippen LogP contribution in [-0.4, -0.2) is 21.1 Å². The lowest BCUT2D eigenvalue weighted by Gasteiger charge is -2.55. The zero-order valence-electron chi connectivity index (χ0n) is 38.7. The van der Waals surface area contributed by atoms with Gasteiger partial charge in [0.25, 0.3) is 0 Å². The van der Waals surface area contributed by atoms with E-state index in [2.05, 4.69) is 165 Å². The number of Topliss-reactive ketones (excluding diaryl/α,β-unsaturated/α-hetero) is 1. The Hall–Kier alpha value is -6.40. The summed E-state index contributed by atoms with van der Waals surface area (Å²) in [5.41, 5.74) is 16.2. The van der Waals surface area contributed by atoms with Crippen molar-refractivity contribution in [3.63, 3.8) is 0 Å². The number of aliphatic hydroxyl groups is 1. The molecule has 7 aliphatic rings. The summed E-state index contributed by atoms with van der Waals surface area (Å²) in [6.07, 6.45) is 0. The van der Waals surface area contributed by atoms with Gasteiger partial charge in [0.2, 0.25) is 22.5 Å². The number of aliphatic hydroxyl groups excluding tert-OH is 1. The van der Waals surface area contributed by atoms with E-state index in [9.17, 15) is 15.3 Å². The van der Waals surface area contributed by atoms with Gasteiger partial charge in [-0.05, 0) is 39.9 Å². The Labute approximate surface area is 374 Å². The number of phenolic OH excluding ortho intramolecular Hbond substituents is 2. The average Bonchev–Trinajstić information content (AvgIpc) is 3.23. The van der Waals surface area contributed by atoms with E-state index in [0.717, 1.165) is 67.2 Å². The van der Waals surface area contributed by atoms with Crippen LogP contribution < -0.4 is 20.1 Å². The Morgan fingerprint density at radius 1 is 0.438 bits per heavy atom. The van der Waals surface area contributed by atoms with Crippen LogP contribution in [0, 0.1) is 0 Å². The third kappa shape index (κ3) is 3.77. The van der Waals surface area contributed by atoms with Gasteiger partial charge < -0.3 is 20.2 Å². The monoisotopic (exact) mass is 841 g/mol. The normalized spacial score (nSPS) is 21.8. The van der Waals surface area contributed by atoms with Crippen molar-refractivity contribution in [3.8, 4) is 11.5 Å². The number of hydrogen-bond acceptors (Lipinski definition) is 5. The van der Waals surface area contributed by atoms with Crippen molar-refractivity contribution in [1.29, 1.82) is 0 Å². The number of phenols is 2. The van der Waals surface area contributed by atoms with E-state index in [-0.39, 0.29) is 39.2 Å². The third-order valence-electron chi connectivity index (χ3n) is 17.5. The van der Waals surface area contributed by atoms with Crippen LogP contribution in [0.4, 0.5) is 28.4 Å². The van der Waals surface area contributed by atoms with Gasteiger partial charge in [0, 0.05) is 76.7 Å². The van der Waals surface area contributed by atoms with E-state index in [0.29, 0.717) is 10.8 Å². The minimum absolute atomic E-state index is 0.00446. The van der Waals surface area contributed by atoms with Crippen LogP contribution >= 0.6 is 0 Å². The van der Waals surface area contributed by atoms with Crippen molar-refractivity contribution >= 4 is 45.4 Å². The lowest BCUT2D eigenvalue weighted by atomic mass is 9.60. The van der Waals surface area contributed by atoms with Crippen molar-refractivity contribution in [2.75, 3.05) is 4.90 Å². The van der Waals surface area contributed by atoms with E-state index in [4.69, 9.17) is 0 Å². The quantitative estimate of drug-likeness (QED) is 0.144. The van der Waals surface area contributed by atoms with Crippen LogP contribution in [0.1, 0.15) is 155 Å². The summed E-state index contributed by atoms with van der Waals surface area (Å²) >= 11 is 0. The van der Waals surface area contributed by atoms with Crippen LogP contribution in [0.5, 0.6) is 11.5 Å². The maximum Gasteiger partial charge on any atom is 0.223 e. The molecule has 6 heterocycles. The van der Waals surface area contributed by atoms with E-state index in [1.807, 2.05) is 12.1 Å². The molecule has 0 saturated heterocycles. The van der Waals surface area contributed by atoms with Gasteiger partial charge in [-0.25, -0.2) is 0 Å². The molecule has 1 aliphatic carbocycles. The van der Waals surface area contributed by atoms with Crippen molar-refractivity contribution in [1.82, 2.24) is 4.58 Å². The third-order valence-corrected chi connectivity index (χ3v) is 17.5. The molecule has 0 aromatic heterocycles. The van der Waals surface area contributed by atoms with Gasteiger partial charge >= 0.3 is 0 Å². The lowest BCUT2D eigenvalue weighted by Crippen LogP contribution is -2.51. The van der Waals surface area contributed by atoms with Crippen LogP contribution in [0.2, 0.25) is 0 Å². The molecule has 0 bridgehead atoms. The van der Waals surface area contributed by atoms with Crippen LogP contribution in [0.15, 0.2) is 90.7 Å². The summed E-state index contributed by atoms with van der Waals surface area (Å²) < 4.78 is 2.38. The Kier molecular flexibility index (Phi) is 6.40. The molecule has 0 unspecified atom stereocenters. The maximum absolute atomic E-state index is 15.2. The van der Waals surface area contributed by atoms with E-state index >= 15 is 4.79 Å².